The first-order chi connectivity index (χ1) is 11.2. The van der Waals surface area contributed by atoms with Crippen molar-refractivity contribution in [3.05, 3.63) is 48.0 Å². The van der Waals surface area contributed by atoms with Crippen LogP contribution in [-0.2, 0) is 0 Å². The van der Waals surface area contributed by atoms with Gasteiger partial charge in [0, 0.05) is 24.3 Å². The van der Waals surface area contributed by atoms with Gasteiger partial charge in [0.05, 0.1) is 14.2 Å². The minimum atomic E-state index is 0.310. The summed E-state index contributed by atoms with van der Waals surface area (Å²) in [5.41, 5.74) is 2.40. The molecule has 0 amide bonds. The first-order valence-electron chi connectivity index (χ1n) is 7.97. The predicted molar refractivity (Wildman–Crippen MR) is 91.8 cm³/mol. The van der Waals surface area contributed by atoms with E-state index in [1.165, 1.54) is 11.3 Å². The number of aromatic hydroxyl groups is 1. The van der Waals surface area contributed by atoms with Gasteiger partial charge in [-0.2, -0.15) is 0 Å². The molecule has 1 saturated heterocycles. The van der Waals surface area contributed by atoms with Crippen LogP contribution < -0.4 is 14.4 Å². The number of hydrogen-bond donors (Lipinski definition) is 1. The number of phenols is 1. The molecule has 2 aromatic rings. The van der Waals surface area contributed by atoms with Gasteiger partial charge in [0.1, 0.15) is 5.75 Å². The number of methoxy groups -OCH3 is 2. The van der Waals surface area contributed by atoms with E-state index >= 15 is 0 Å². The molecular formula is C19H23NO3. The van der Waals surface area contributed by atoms with Crippen LogP contribution >= 0.6 is 0 Å². The van der Waals surface area contributed by atoms with Crippen molar-refractivity contribution in [2.24, 2.45) is 0 Å². The normalized spacial score (nSPS) is 15.5. The summed E-state index contributed by atoms with van der Waals surface area (Å²) in [6.07, 6.45) is 2.15. The number of benzene rings is 2. The first kappa shape index (κ1) is 15.5. The molecule has 1 fully saturated rings. The standard InChI is InChI=1S/C19H23NO3/c1-22-18-5-3-4-17(19(18)23-2)14-10-12-20(13-11-14)15-6-8-16(21)9-7-15/h3-9,14,21H,10-13H2,1-2H3. The lowest BCUT2D eigenvalue weighted by Gasteiger charge is -2.34. The van der Waals surface area contributed by atoms with Crippen molar-refractivity contribution < 1.29 is 14.6 Å². The van der Waals surface area contributed by atoms with Crippen molar-refractivity contribution in [1.29, 1.82) is 0 Å². The van der Waals surface area contributed by atoms with Crippen LogP contribution in [0.2, 0.25) is 0 Å². The van der Waals surface area contributed by atoms with Crippen LogP contribution in [0.3, 0.4) is 0 Å². The van der Waals surface area contributed by atoms with Gasteiger partial charge in [-0.15, -0.1) is 0 Å². The average Bonchev–Trinajstić information content (AvgIpc) is 2.61. The van der Waals surface area contributed by atoms with Crippen LogP contribution in [0.5, 0.6) is 17.2 Å². The summed E-state index contributed by atoms with van der Waals surface area (Å²) in [6, 6.07) is 13.5. The van der Waals surface area contributed by atoms with Gasteiger partial charge in [0.15, 0.2) is 11.5 Å². The maximum Gasteiger partial charge on any atom is 0.164 e. The van der Waals surface area contributed by atoms with Gasteiger partial charge < -0.3 is 19.5 Å². The maximum atomic E-state index is 9.41. The third-order valence-electron chi connectivity index (χ3n) is 4.58. The Kier molecular flexibility index (Phi) is 4.60. The van der Waals surface area contributed by atoms with E-state index in [1.54, 1.807) is 26.4 Å². The van der Waals surface area contributed by atoms with Crippen molar-refractivity contribution in [2.45, 2.75) is 18.8 Å². The number of hydrogen-bond acceptors (Lipinski definition) is 4. The van der Waals surface area contributed by atoms with Crippen molar-refractivity contribution in [1.82, 2.24) is 0 Å². The second kappa shape index (κ2) is 6.82. The van der Waals surface area contributed by atoms with Crippen molar-refractivity contribution >= 4 is 5.69 Å². The molecule has 0 atom stereocenters. The van der Waals surface area contributed by atoms with E-state index in [9.17, 15) is 5.11 Å². The fraction of sp³-hybridized carbons (Fsp3) is 0.368. The Morgan fingerprint density at radius 3 is 2.26 bits per heavy atom. The number of phenolic OH excluding ortho intramolecular Hbond substituents is 1. The lowest BCUT2D eigenvalue weighted by atomic mass is 9.88. The van der Waals surface area contributed by atoms with Crippen molar-refractivity contribution in [3.63, 3.8) is 0 Å². The third kappa shape index (κ3) is 3.21. The second-order valence-electron chi connectivity index (χ2n) is 5.86. The molecule has 0 unspecified atom stereocenters. The van der Waals surface area contributed by atoms with E-state index in [1.807, 2.05) is 24.3 Å². The smallest absolute Gasteiger partial charge is 0.164 e. The van der Waals surface area contributed by atoms with Gasteiger partial charge in [-0.05, 0) is 49.1 Å². The van der Waals surface area contributed by atoms with Gasteiger partial charge in [0.2, 0.25) is 0 Å². The summed E-state index contributed by atoms with van der Waals surface area (Å²) in [5.74, 6) is 2.45. The summed E-state index contributed by atoms with van der Waals surface area (Å²) in [6.45, 7) is 1.99. The first-order valence-corrected chi connectivity index (χ1v) is 7.97. The molecular weight excluding hydrogens is 290 g/mol. The Hall–Kier alpha value is -2.36. The van der Waals surface area contributed by atoms with Gasteiger partial charge in [-0.3, -0.25) is 0 Å². The van der Waals surface area contributed by atoms with Crippen molar-refractivity contribution in [3.8, 4) is 17.2 Å². The van der Waals surface area contributed by atoms with Crippen LogP contribution in [0.4, 0.5) is 5.69 Å². The number of para-hydroxylation sites is 1. The Balaban J connectivity index is 1.73. The lowest BCUT2D eigenvalue weighted by Crippen LogP contribution is -2.32. The molecule has 2 aromatic carbocycles. The van der Waals surface area contributed by atoms with Gasteiger partial charge in [0.25, 0.3) is 0 Å². The largest absolute Gasteiger partial charge is 0.508 e. The van der Waals surface area contributed by atoms with Crippen LogP contribution in [0.15, 0.2) is 42.5 Å². The monoisotopic (exact) mass is 313 g/mol. The molecule has 0 radical (unpaired) electrons. The lowest BCUT2D eigenvalue weighted by molar-refractivity contribution is 0.346. The zero-order chi connectivity index (χ0) is 16.2. The Labute approximate surface area is 137 Å². The molecule has 0 aromatic heterocycles. The molecule has 1 N–H and O–H groups in total. The minimum absolute atomic E-state index is 0.310. The quantitative estimate of drug-likeness (QED) is 0.932. The van der Waals surface area contributed by atoms with Gasteiger partial charge in [-0.1, -0.05) is 12.1 Å². The van der Waals surface area contributed by atoms with Crippen molar-refractivity contribution in [2.75, 3.05) is 32.2 Å². The van der Waals surface area contributed by atoms with E-state index in [4.69, 9.17) is 9.47 Å². The highest BCUT2D eigenvalue weighted by Crippen LogP contribution is 2.40. The Bertz CT molecular complexity index is 646. The van der Waals surface area contributed by atoms with Crippen LogP contribution in [-0.4, -0.2) is 32.4 Å². The van der Waals surface area contributed by atoms with Crippen LogP contribution in [0.25, 0.3) is 0 Å². The minimum Gasteiger partial charge on any atom is -0.508 e. The zero-order valence-electron chi connectivity index (χ0n) is 13.7. The topological polar surface area (TPSA) is 41.9 Å². The van der Waals surface area contributed by atoms with Gasteiger partial charge >= 0.3 is 0 Å². The number of piperidine rings is 1. The molecule has 23 heavy (non-hydrogen) atoms. The highest BCUT2D eigenvalue weighted by Gasteiger charge is 2.24. The SMILES string of the molecule is COc1cccc(C2CCN(c3ccc(O)cc3)CC2)c1OC. The third-order valence-corrected chi connectivity index (χ3v) is 4.58. The van der Waals surface area contributed by atoms with E-state index in [0.29, 0.717) is 11.7 Å². The number of nitrogens with zero attached hydrogens (tertiary/aromatic N) is 1. The Morgan fingerprint density at radius 1 is 0.957 bits per heavy atom. The molecule has 4 nitrogen and oxygen atoms in total. The molecule has 3 rings (SSSR count). The summed E-state index contributed by atoms with van der Waals surface area (Å²) >= 11 is 0. The van der Waals surface area contributed by atoms with Crippen LogP contribution in [0.1, 0.15) is 24.3 Å². The number of ether oxygens (including phenoxy) is 2. The second-order valence-corrected chi connectivity index (χ2v) is 5.86. The van der Waals surface area contributed by atoms with E-state index < -0.39 is 0 Å². The molecule has 0 saturated carbocycles. The molecule has 1 heterocycles. The van der Waals surface area contributed by atoms with E-state index in [0.717, 1.165) is 37.4 Å². The number of rotatable bonds is 4. The number of anilines is 1. The Morgan fingerprint density at radius 2 is 1.65 bits per heavy atom. The molecule has 0 bridgehead atoms. The van der Waals surface area contributed by atoms with E-state index in [2.05, 4.69) is 11.0 Å². The highest BCUT2D eigenvalue weighted by atomic mass is 16.5. The molecule has 1 aliphatic heterocycles. The summed E-state index contributed by atoms with van der Waals surface area (Å²) in [5, 5.41) is 9.41. The fourth-order valence-corrected chi connectivity index (χ4v) is 3.35. The molecule has 4 heteroatoms. The summed E-state index contributed by atoms with van der Waals surface area (Å²) in [4.78, 5) is 2.36. The maximum absolute atomic E-state index is 9.41. The molecule has 0 spiro atoms. The molecule has 0 aliphatic carbocycles. The molecule has 122 valence electrons. The summed E-state index contributed by atoms with van der Waals surface area (Å²) in [7, 11) is 3.38. The average molecular weight is 313 g/mol. The molecule has 1 aliphatic rings. The van der Waals surface area contributed by atoms with E-state index in [-0.39, 0.29) is 0 Å². The predicted octanol–water partition coefficient (Wildman–Crippen LogP) is 3.79. The van der Waals surface area contributed by atoms with Crippen LogP contribution in [0, 0.1) is 0 Å². The zero-order valence-corrected chi connectivity index (χ0v) is 13.7. The van der Waals surface area contributed by atoms with Gasteiger partial charge in [-0.25, -0.2) is 0 Å². The highest BCUT2D eigenvalue weighted by molar-refractivity contribution is 5.51. The summed E-state index contributed by atoms with van der Waals surface area (Å²) < 4.78 is 11.0. The fourth-order valence-electron chi connectivity index (χ4n) is 3.35.